The molecule has 1 rings (SSSR count). The normalized spacial score (nSPS) is 13.3. The maximum atomic E-state index is 11.7. The molecule has 0 aliphatic carbocycles. The molecule has 1 aromatic rings. The van der Waals surface area contributed by atoms with Gasteiger partial charge in [-0.3, -0.25) is 9.78 Å². The standard InChI is InChI=1S/C13H18N2O/c1-4-5-10(2)13(16)15-11(3)12-6-8-14-9-7-12/h5-9,11H,4H2,1-3H3,(H,15,16)/b10-5-/t11-/m0/s1. The predicted molar refractivity (Wildman–Crippen MR) is 64.8 cm³/mol. The molecule has 3 nitrogen and oxygen atoms in total. The van der Waals surface area contributed by atoms with Gasteiger partial charge in [-0.1, -0.05) is 13.0 Å². The average molecular weight is 218 g/mol. The molecule has 1 amide bonds. The van der Waals surface area contributed by atoms with Crippen molar-refractivity contribution in [3.05, 3.63) is 41.7 Å². The maximum absolute atomic E-state index is 11.7. The largest absolute Gasteiger partial charge is 0.346 e. The topological polar surface area (TPSA) is 42.0 Å². The average Bonchev–Trinajstić information content (AvgIpc) is 2.30. The number of nitrogens with one attached hydrogen (secondary N) is 1. The number of rotatable bonds is 4. The highest BCUT2D eigenvalue weighted by molar-refractivity contribution is 5.92. The van der Waals surface area contributed by atoms with Crippen molar-refractivity contribution < 1.29 is 4.79 Å². The lowest BCUT2D eigenvalue weighted by Gasteiger charge is -2.14. The Morgan fingerprint density at radius 2 is 2.12 bits per heavy atom. The molecule has 0 spiro atoms. The van der Waals surface area contributed by atoms with Crippen LogP contribution < -0.4 is 5.32 Å². The molecule has 0 unspecified atom stereocenters. The zero-order chi connectivity index (χ0) is 12.0. The summed E-state index contributed by atoms with van der Waals surface area (Å²) in [6, 6.07) is 3.82. The summed E-state index contributed by atoms with van der Waals surface area (Å²) in [4.78, 5) is 15.7. The molecule has 0 saturated heterocycles. The van der Waals surface area contributed by atoms with Crippen LogP contribution in [0.1, 0.15) is 38.8 Å². The molecule has 0 fully saturated rings. The SMILES string of the molecule is CC/C=C(/C)C(=O)N[C@@H](C)c1ccncc1. The molecule has 0 bridgehead atoms. The van der Waals surface area contributed by atoms with Crippen LogP contribution in [0.4, 0.5) is 0 Å². The molecule has 1 aromatic heterocycles. The number of carbonyl (C=O) groups is 1. The highest BCUT2D eigenvalue weighted by atomic mass is 16.1. The molecule has 16 heavy (non-hydrogen) atoms. The summed E-state index contributed by atoms with van der Waals surface area (Å²) in [5.41, 5.74) is 1.83. The van der Waals surface area contributed by atoms with Crippen LogP contribution in [-0.4, -0.2) is 10.9 Å². The van der Waals surface area contributed by atoms with E-state index in [1.165, 1.54) is 0 Å². The molecule has 1 atom stereocenters. The molecule has 0 radical (unpaired) electrons. The Morgan fingerprint density at radius 3 is 2.69 bits per heavy atom. The van der Waals surface area contributed by atoms with Crippen LogP contribution in [0.5, 0.6) is 0 Å². The lowest BCUT2D eigenvalue weighted by molar-refractivity contribution is -0.118. The van der Waals surface area contributed by atoms with Crippen molar-refractivity contribution in [1.29, 1.82) is 0 Å². The second kappa shape index (κ2) is 6.05. The van der Waals surface area contributed by atoms with Crippen LogP contribution in [0.3, 0.4) is 0 Å². The summed E-state index contributed by atoms with van der Waals surface area (Å²) in [5.74, 6) is -0.00818. The predicted octanol–water partition coefficient (Wildman–Crippen LogP) is 2.62. The van der Waals surface area contributed by atoms with Crippen molar-refractivity contribution >= 4 is 5.91 Å². The van der Waals surface area contributed by atoms with Gasteiger partial charge < -0.3 is 5.32 Å². The van der Waals surface area contributed by atoms with Gasteiger partial charge in [0.2, 0.25) is 5.91 Å². The van der Waals surface area contributed by atoms with Crippen LogP contribution >= 0.6 is 0 Å². The van der Waals surface area contributed by atoms with Gasteiger partial charge in [-0.2, -0.15) is 0 Å². The van der Waals surface area contributed by atoms with Gasteiger partial charge in [0, 0.05) is 18.0 Å². The Kier molecular flexibility index (Phi) is 4.70. The van der Waals surface area contributed by atoms with Gasteiger partial charge in [-0.25, -0.2) is 0 Å². The number of hydrogen-bond donors (Lipinski definition) is 1. The van der Waals surface area contributed by atoms with E-state index >= 15 is 0 Å². The van der Waals surface area contributed by atoms with Crippen molar-refractivity contribution in [3.8, 4) is 0 Å². The van der Waals surface area contributed by atoms with E-state index < -0.39 is 0 Å². The number of hydrogen-bond acceptors (Lipinski definition) is 2. The van der Waals surface area contributed by atoms with Crippen molar-refractivity contribution in [2.24, 2.45) is 0 Å². The van der Waals surface area contributed by atoms with Crippen molar-refractivity contribution in [1.82, 2.24) is 10.3 Å². The van der Waals surface area contributed by atoms with E-state index in [1.54, 1.807) is 12.4 Å². The van der Waals surface area contributed by atoms with Crippen molar-refractivity contribution in [3.63, 3.8) is 0 Å². The summed E-state index contributed by atoms with van der Waals surface area (Å²) in [7, 11) is 0. The third-order valence-electron chi connectivity index (χ3n) is 2.42. The first kappa shape index (κ1) is 12.4. The third-order valence-corrected chi connectivity index (χ3v) is 2.42. The smallest absolute Gasteiger partial charge is 0.247 e. The molecule has 0 aromatic carbocycles. The number of aromatic nitrogens is 1. The number of pyridine rings is 1. The first-order chi connectivity index (χ1) is 7.65. The molecule has 1 N–H and O–H groups in total. The highest BCUT2D eigenvalue weighted by Crippen LogP contribution is 2.11. The van der Waals surface area contributed by atoms with E-state index in [2.05, 4.69) is 10.3 Å². The summed E-state index contributed by atoms with van der Waals surface area (Å²) < 4.78 is 0. The first-order valence-corrected chi connectivity index (χ1v) is 5.52. The summed E-state index contributed by atoms with van der Waals surface area (Å²) in [6.45, 7) is 5.81. The van der Waals surface area contributed by atoms with Crippen LogP contribution in [0.15, 0.2) is 36.2 Å². The molecule has 0 saturated carbocycles. The van der Waals surface area contributed by atoms with Crippen LogP contribution in [-0.2, 0) is 4.79 Å². The Balaban J connectivity index is 2.62. The Hall–Kier alpha value is -1.64. The van der Waals surface area contributed by atoms with Gasteiger partial charge in [0.1, 0.15) is 0 Å². The minimum absolute atomic E-state index is 0.00818. The Labute approximate surface area is 96.6 Å². The first-order valence-electron chi connectivity index (χ1n) is 5.52. The van der Waals surface area contributed by atoms with E-state index in [-0.39, 0.29) is 11.9 Å². The van der Waals surface area contributed by atoms with Gasteiger partial charge in [0.25, 0.3) is 0 Å². The molecule has 86 valence electrons. The van der Waals surface area contributed by atoms with Gasteiger partial charge in [0.05, 0.1) is 6.04 Å². The lowest BCUT2D eigenvalue weighted by Crippen LogP contribution is -2.27. The van der Waals surface area contributed by atoms with Crippen molar-refractivity contribution in [2.75, 3.05) is 0 Å². The van der Waals surface area contributed by atoms with E-state index in [1.807, 2.05) is 39.0 Å². The fourth-order valence-electron chi connectivity index (χ4n) is 1.44. The summed E-state index contributed by atoms with van der Waals surface area (Å²) in [6.07, 6.45) is 6.26. The van der Waals surface area contributed by atoms with E-state index in [9.17, 15) is 4.79 Å². The minimum Gasteiger partial charge on any atom is -0.346 e. The monoisotopic (exact) mass is 218 g/mol. The maximum Gasteiger partial charge on any atom is 0.247 e. The molecular weight excluding hydrogens is 200 g/mol. The number of allylic oxidation sites excluding steroid dienone is 1. The van der Waals surface area contributed by atoms with Gasteiger partial charge in [0.15, 0.2) is 0 Å². The van der Waals surface area contributed by atoms with E-state index in [0.29, 0.717) is 0 Å². The van der Waals surface area contributed by atoms with Crippen molar-refractivity contribution in [2.45, 2.75) is 33.2 Å². The zero-order valence-electron chi connectivity index (χ0n) is 10.0. The van der Waals surface area contributed by atoms with Gasteiger partial charge in [-0.05, 0) is 38.0 Å². The summed E-state index contributed by atoms with van der Waals surface area (Å²) in [5, 5.41) is 2.95. The number of amides is 1. The fourth-order valence-corrected chi connectivity index (χ4v) is 1.44. The molecule has 0 aliphatic heterocycles. The van der Waals surface area contributed by atoms with Crippen LogP contribution in [0.25, 0.3) is 0 Å². The van der Waals surface area contributed by atoms with Gasteiger partial charge >= 0.3 is 0 Å². The minimum atomic E-state index is -0.00818. The zero-order valence-corrected chi connectivity index (χ0v) is 10.0. The third kappa shape index (κ3) is 3.50. The van der Waals surface area contributed by atoms with Crippen LogP contribution in [0, 0.1) is 0 Å². The molecule has 3 heteroatoms. The second-order valence-corrected chi connectivity index (χ2v) is 3.77. The molecule has 0 aliphatic rings. The van der Waals surface area contributed by atoms with E-state index in [0.717, 1.165) is 17.6 Å². The highest BCUT2D eigenvalue weighted by Gasteiger charge is 2.09. The van der Waals surface area contributed by atoms with Gasteiger partial charge in [-0.15, -0.1) is 0 Å². The van der Waals surface area contributed by atoms with E-state index in [4.69, 9.17) is 0 Å². The number of nitrogens with zero attached hydrogens (tertiary/aromatic N) is 1. The molecule has 1 heterocycles. The summed E-state index contributed by atoms with van der Waals surface area (Å²) >= 11 is 0. The molecular formula is C13H18N2O. The lowest BCUT2D eigenvalue weighted by atomic mass is 10.1. The number of carbonyl (C=O) groups excluding carboxylic acids is 1. The quantitative estimate of drug-likeness (QED) is 0.789. The Bertz CT molecular complexity index is 371. The Morgan fingerprint density at radius 1 is 1.50 bits per heavy atom. The second-order valence-electron chi connectivity index (χ2n) is 3.77. The van der Waals surface area contributed by atoms with Crippen LogP contribution in [0.2, 0.25) is 0 Å². The fraction of sp³-hybridized carbons (Fsp3) is 0.385.